The molecule has 714 valence electrons. The number of hydrogen-bond acceptors (Lipinski definition) is 24. The summed E-state index contributed by atoms with van der Waals surface area (Å²) in [5.74, 6) is -1.57. The number of aliphatic hydroxyl groups excluding tert-OH is 1. The zero-order chi connectivity index (χ0) is 94.2. The normalized spacial score (nSPS) is 10.6. The van der Waals surface area contributed by atoms with Crippen LogP contribution in [0, 0.1) is 99.6 Å². The highest BCUT2D eigenvalue weighted by Gasteiger charge is 2.23. The molecule has 0 amide bonds. The van der Waals surface area contributed by atoms with Gasteiger partial charge in [0.1, 0.15) is 33.9 Å². The number of anilines is 5. The molecule has 0 aromatic heterocycles. The van der Waals surface area contributed by atoms with Gasteiger partial charge in [-0.05, 0) is 294 Å². The van der Waals surface area contributed by atoms with Crippen molar-refractivity contribution >= 4 is 102 Å². The first-order chi connectivity index (χ1) is 58.0. The Morgan fingerprint density at radius 2 is 0.717 bits per heavy atom. The Morgan fingerprint density at radius 3 is 1.08 bits per heavy atom. The number of nitro benzene ring substituents is 3. The third kappa shape index (κ3) is 51.1. The lowest BCUT2D eigenvalue weighted by Crippen LogP contribution is -2.29. The van der Waals surface area contributed by atoms with Gasteiger partial charge in [-0.1, -0.05) is 102 Å². The van der Waals surface area contributed by atoms with E-state index in [0.29, 0.717) is 74.5 Å². The van der Waals surface area contributed by atoms with Gasteiger partial charge >= 0.3 is 35.5 Å². The van der Waals surface area contributed by atoms with E-state index in [1.807, 2.05) is 147 Å². The molecule has 0 bridgehead atoms. The van der Waals surface area contributed by atoms with E-state index in [9.17, 15) is 63.9 Å². The summed E-state index contributed by atoms with van der Waals surface area (Å²) < 4.78 is 17.8. The highest BCUT2D eigenvalue weighted by molar-refractivity contribution is 9.09. The molecular weight excluding hydrogens is 1690 g/mol. The lowest BCUT2D eigenvalue weighted by molar-refractivity contribution is -0.384. The maximum absolute atomic E-state index is 12.3. The summed E-state index contributed by atoms with van der Waals surface area (Å²) in [6.45, 7) is 39.2. The number of nitrogens with zero attached hydrogens (tertiary/aromatic N) is 6. The quantitative estimate of drug-likeness (QED) is 0.00252. The number of aromatic nitrogens is 4. The number of rotatable bonds is 40. The van der Waals surface area contributed by atoms with Crippen LogP contribution >= 0.6 is 15.9 Å². The topological polar surface area (TPSA) is 472 Å². The molecule has 31 nitrogen and oxygen atoms in total. The molecule has 32 heteroatoms. The molecule has 2 heterocycles. The van der Waals surface area contributed by atoms with Crippen molar-refractivity contribution < 1.29 is 68.3 Å². The number of ether oxygens (including phenoxy) is 3. The summed E-state index contributed by atoms with van der Waals surface area (Å²) in [4.78, 5) is 122. The highest BCUT2D eigenvalue weighted by atomic mass is 79.9. The molecule has 0 unspecified atom stereocenters. The number of carbonyl (C=O) groups excluding carboxylic acids is 3. The van der Waals surface area contributed by atoms with E-state index in [2.05, 4.69) is 66.7 Å². The maximum Gasteiger partial charge on any atom is 0.349 e. The average Bonchev–Trinajstić information content (AvgIpc) is 0.754. The third-order valence-electron chi connectivity index (χ3n) is 19.3. The molecule has 0 aliphatic carbocycles. The molecule has 2 aliphatic rings. The number of esters is 3. The largest absolute Gasteiger partial charge is 0.481 e. The number of carboxylic acid groups (broad SMARTS) is 2. The second-order valence-electron chi connectivity index (χ2n) is 33.8. The lowest BCUT2D eigenvalue weighted by atomic mass is 10.1. The van der Waals surface area contributed by atoms with E-state index < -0.39 is 39.3 Å². The van der Waals surface area contributed by atoms with E-state index in [1.165, 1.54) is 17.2 Å². The number of aliphatic hydroxyl groups is 1. The Kier molecular flexibility index (Phi) is 59.3. The molecule has 0 saturated heterocycles. The van der Waals surface area contributed by atoms with Gasteiger partial charge in [-0.3, -0.25) is 64.1 Å². The number of H-pyrrole nitrogens is 1. The molecule has 0 spiro atoms. The van der Waals surface area contributed by atoms with Crippen molar-refractivity contribution in [3.8, 4) is 11.5 Å². The fourth-order valence-corrected chi connectivity index (χ4v) is 12.5. The van der Waals surface area contributed by atoms with Gasteiger partial charge in [0.2, 0.25) is 0 Å². The number of nitrogens with two attached hydrogens (primary N) is 2. The van der Waals surface area contributed by atoms with Crippen LogP contribution in [0.25, 0.3) is 22.6 Å². The van der Waals surface area contributed by atoms with Crippen molar-refractivity contribution in [2.75, 3.05) is 59.5 Å². The fraction of sp³-hybridized carbons (Fsp3) is 0.589. The number of aryl methyl sites for hydroxylation is 11. The maximum atomic E-state index is 12.3. The number of aliphatic carboxylic acids is 2. The smallest absolute Gasteiger partial charge is 0.349 e. The van der Waals surface area contributed by atoms with Crippen molar-refractivity contribution in [1.82, 2.24) is 19.5 Å². The number of nitro groups is 3. The van der Waals surface area contributed by atoms with Crippen LogP contribution in [-0.2, 0) is 44.7 Å². The summed E-state index contributed by atoms with van der Waals surface area (Å²) in [6, 6.07) is 18.0. The number of carboxylic acids is 2. The van der Waals surface area contributed by atoms with Crippen molar-refractivity contribution in [2.45, 2.75) is 338 Å². The minimum Gasteiger partial charge on any atom is -0.481 e. The first kappa shape index (κ1) is 121. The van der Waals surface area contributed by atoms with E-state index in [4.69, 9.17) is 41.0 Å². The zero-order valence-electron chi connectivity index (χ0n) is 77.1. The predicted molar refractivity (Wildman–Crippen MR) is 519 cm³/mol. The minimum atomic E-state index is -0.765. The van der Waals surface area contributed by atoms with Crippen LogP contribution in [0.3, 0.4) is 0 Å². The van der Waals surface area contributed by atoms with Crippen molar-refractivity contribution in [3.63, 3.8) is 0 Å². The SMILES string of the molecule is C.C.C.CO.Cc1cc(N)c(NCCCCCCC(=O)OC(C)(C)C)cc1C.Cc1cc(N)c([N+](=O)[O-])cc1C.Cc1cc(NCCCCCCC(=O)O)c([N+](=O)[O-])cc1C.Cc1cc(NCCCCCCC(=O)OC(C)(C)C)c([N+](=O)[O-])cc1C.Cc1cc2nc3c(=O)[nH]c(=O)nc-3n(CCCCCCC(=O)OC(C)(C)C)c2cc1C.O=C(O)CCCCCCBr. The molecule has 5 aromatic rings. The number of hydrogen-bond donors (Lipinski definition) is 9. The molecule has 0 saturated carbocycles. The van der Waals surface area contributed by atoms with Crippen molar-refractivity contribution in [2.24, 2.45) is 0 Å². The summed E-state index contributed by atoms with van der Waals surface area (Å²) >= 11 is 3.31. The van der Waals surface area contributed by atoms with Gasteiger partial charge in [0.25, 0.3) is 22.6 Å². The molecule has 0 atom stereocenters. The lowest BCUT2D eigenvalue weighted by Gasteiger charge is -2.19. The highest BCUT2D eigenvalue weighted by Crippen LogP contribution is 2.32. The van der Waals surface area contributed by atoms with Gasteiger partial charge in [-0.15, -0.1) is 0 Å². The first-order valence-electron chi connectivity index (χ1n) is 42.7. The monoisotopic (exact) mass is 1850 g/mol. The van der Waals surface area contributed by atoms with Crippen LogP contribution in [0.1, 0.15) is 301 Å². The number of nitrogens with one attached hydrogen (secondary N) is 4. The summed E-state index contributed by atoms with van der Waals surface area (Å²) in [6.07, 6.45) is 20.4. The predicted octanol–water partition coefficient (Wildman–Crippen LogP) is 22.4. The third-order valence-corrected chi connectivity index (χ3v) is 19.8. The van der Waals surface area contributed by atoms with E-state index in [0.717, 1.165) is 202 Å². The number of aromatic amines is 1. The zero-order valence-corrected chi connectivity index (χ0v) is 78.7. The van der Waals surface area contributed by atoms with Gasteiger partial charge in [0, 0.05) is 88.9 Å². The Bertz CT molecular complexity index is 4640. The molecular formula is C95H153BrN12O19. The van der Waals surface area contributed by atoms with Crippen molar-refractivity contribution in [1.29, 1.82) is 0 Å². The number of nitrogen functional groups attached to an aromatic ring is 2. The molecule has 7 rings (SSSR count). The van der Waals surface area contributed by atoms with Crippen LogP contribution in [-0.4, -0.2) is 128 Å². The Labute approximate surface area is 762 Å². The van der Waals surface area contributed by atoms with E-state index >= 15 is 0 Å². The number of carbonyl (C=O) groups is 5. The summed E-state index contributed by atoms with van der Waals surface area (Å²) in [5.41, 5.74) is 24.5. The number of unbranched alkanes of at least 4 members (excludes halogenated alkanes) is 15. The van der Waals surface area contributed by atoms with Crippen LogP contribution in [0.4, 0.5) is 45.5 Å². The van der Waals surface area contributed by atoms with Crippen LogP contribution < -0.4 is 38.7 Å². The molecule has 5 aromatic carbocycles. The number of halogens is 1. The molecule has 0 radical (unpaired) electrons. The first-order valence-corrected chi connectivity index (χ1v) is 43.8. The van der Waals surface area contributed by atoms with Gasteiger partial charge in [-0.2, -0.15) is 4.98 Å². The van der Waals surface area contributed by atoms with Crippen LogP contribution in [0.2, 0.25) is 0 Å². The Morgan fingerprint density at radius 1 is 0.417 bits per heavy atom. The summed E-state index contributed by atoms with van der Waals surface area (Å²) in [5, 5.41) is 67.1. The number of benzene rings is 5. The Balaban J connectivity index is -0.00000148. The molecule has 11 N–H and O–H groups in total. The average molecular weight is 1850 g/mol. The van der Waals surface area contributed by atoms with Crippen molar-refractivity contribution in [3.05, 3.63) is 167 Å². The van der Waals surface area contributed by atoms with Gasteiger partial charge in [0.05, 0.1) is 37.2 Å². The second kappa shape index (κ2) is 62.5. The van der Waals surface area contributed by atoms with Gasteiger partial charge in [-0.25, -0.2) is 9.78 Å². The van der Waals surface area contributed by atoms with E-state index in [-0.39, 0.29) is 90.5 Å². The van der Waals surface area contributed by atoms with Gasteiger partial charge < -0.3 is 61.5 Å². The Hall–Kier alpha value is -10.6. The fourth-order valence-electron chi connectivity index (χ4n) is 12.2. The molecule has 2 aliphatic heterocycles. The van der Waals surface area contributed by atoms with Crippen LogP contribution in [0.5, 0.6) is 0 Å². The molecule has 127 heavy (non-hydrogen) atoms. The standard InChI is InChI=1S/C23H30N4O4.C19H30N2O4.C19H32N2O2.C15H22N2O4.C8H10N2O2.C7H13BrO2.CH4O.3CH4/c1-14-12-16-17(13-15(14)2)27(20-19(24-16)21(29)26-22(30)25-20)11-9-7-6-8-10-18(28)31-23(3,4)5;1-14-12-16(17(21(23)24)13-15(14)2)20-11-9-7-6-8-10-18(22)25-19(3,4)5;1-14-12-16(20)17(13-15(14)2)21-11-9-7-6-8-10-18(22)23-19(3,4)5;1-11-9-13(14(17(20)21)10-12(11)2)16-8-6-4-3-5-7-15(18)19;1-5-3-7(9)8(10(11)12)4-6(5)2;8-6-4-2-1-3-5-7(9)10;1-2;;;/h12-13H,6-11H2,1-5H3,(H,26,29,30);12-13,20H,6-11H2,1-5H3;12-13,21H,6-11,20H2,1-5H3;9-10,16H,3-8H2,1-2H3,(H,18,19);3-4H,9H2,1-2H3;1-6H2,(H,9,10);2H,1H3;3*1H4. The second-order valence-corrected chi connectivity index (χ2v) is 34.6. The summed E-state index contributed by atoms with van der Waals surface area (Å²) in [7, 11) is 1.00. The number of alkyl halides is 1. The molecule has 0 fully saturated rings. The minimum absolute atomic E-state index is 0. The number of fused-ring (bicyclic) bond motifs is 2. The van der Waals surface area contributed by atoms with E-state index in [1.54, 1.807) is 24.3 Å². The van der Waals surface area contributed by atoms with Crippen LogP contribution in [0.15, 0.2) is 70.3 Å². The van der Waals surface area contributed by atoms with Gasteiger partial charge in [0.15, 0.2) is 11.5 Å².